The third-order valence-electron chi connectivity index (χ3n) is 5.46. The van der Waals surface area contributed by atoms with Gasteiger partial charge in [-0.3, -0.25) is 4.79 Å². The fourth-order valence-electron chi connectivity index (χ4n) is 3.90. The largest absolute Gasteiger partial charge is 0.356 e. The lowest BCUT2D eigenvalue weighted by Gasteiger charge is -2.38. The second kappa shape index (κ2) is 3.23. The summed E-state index contributed by atoms with van der Waals surface area (Å²) < 4.78 is 0. The van der Waals surface area contributed by atoms with E-state index in [9.17, 15) is 4.79 Å². The number of nitrogens with one attached hydrogen (secondary N) is 1. The highest BCUT2D eigenvalue weighted by molar-refractivity contribution is 5.80. The van der Waals surface area contributed by atoms with Crippen LogP contribution in [0, 0.1) is 22.7 Å². The Morgan fingerprint density at radius 3 is 2.47 bits per heavy atom. The van der Waals surface area contributed by atoms with E-state index in [1.807, 2.05) is 6.92 Å². The average molecular weight is 209 g/mol. The van der Waals surface area contributed by atoms with E-state index in [0.29, 0.717) is 5.41 Å². The lowest BCUT2D eigenvalue weighted by Crippen LogP contribution is -2.41. The van der Waals surface area contributed by atoms with Gasteiger partial charge in [0.15, 0.2) is 0 Å². The summed E-state index contributed by atoms with van der Waals surface area (Å²) in [4.78, 5) is 12.0. The van der Waals surface area contributed by atoms with Gasteiger partial charge in [0.2, 0.25) is 5.91 Å². The minimum atomic E-state index is 0.233. The Kier molecular flexibility index (Phi) is 2.36. The molecule has 15 heavy (non-hydrogen) atoms. The molecule has 2 aliphatic carbocycles. The SMILES string of the molecule is CCNC(=O)C1CC2CCC1(C)C2(C)C. The Morgan fingerprint density at radius 2 is 2.07 bits per heavy atom. The predicted molar refractivity (Wildman–Crippen MR) is 61.4 cm³/mol. The topological polar surface area (TPSA) is 29.1 Å². The van der Waals surface area contributed by atoms with Gasteiger partial charge >= 0.3 is 0 Å². The summed E-state index contributed by atoms with van der Waals surface area (Å²) in [5.74, 6) is 1.30. The molecular weight excluding hydrogens is 186 g/mol. The lowest BCUT2D eigenvalue weighted by molar-refractivity contribution is -0.129. The van der Waals surface area contributed by atoms with Crippen LogP contribution in [0.4, 0.5) is 0 Å². The number of carbonyl (C=O) groups is 1. The standard InChI is InChI=1S/C13H23NO/c1-5-14-11(15)10-8-9-6-7-13(10,4)12(9,2)3/h9-10H,5-8H2,1-4H3,(H,14,15). The van der Waals surface area contributed by atoms with Gasteiger partial charge in [0.05, 0.1) is 0 Å². The summed E-state index contributed by atoms with van der Waals surface area (Å²) in [5, 5.41) is 3.00. The number of rotatable bonds is 2. The first kappa shape index (κ1) is 11.0. The van der Waals surface area contributed by atoms with E-state index in [0.717, 1.165) is 18.9 Å². The van der Waals surface area contributed by atoms with Crippen LogP contribution < -0.4 is 5.32 Å². The third kappa shape index (κ3) is 1.26. The lowest BCUT2D eigenvalue weighted by atomic mass is 9.66. The Morgan fingerprint density at radius 1 is 1.40 bits per heavy atom. The highest BCUT2D eigenvalue weighted by Crippen LogP contribution is 2.68. The van der Waals surface area contributed by atoms with Gasteiger partial charge in [-0.1, -0.05) is 20.8 Å². The van der Waals surface area contributed by atoms with Crippen molar-refractivity contribution in [3.63, 3.8) is 0 Å². The molecule has 2 nitrogen and oxygen atoms in total. The van der Waals surface area contributed by atoms with Crippen molar-refractivity contribution in [3.8, 4) is 0 Å². The van der Waals surface area contributed by atoms with E-state index < -0.39 is 0 Å². The molecule has 3 unspecified atom stereocenters. The minimum absolute atomic E-state index is 0.233. The van der Waals surface area contributed by atoms with Gasteiger partial charge in [0.25, 0.3) is 0 Å². The number of carbonyl (C=O) groups excluding carboxylic acids is 1. The molecule has 2 bridgehead atoms. The van der Waals surface area contributed by atoms with Gasteiger partial charge in [-0.05, 0) is 42.9 Å². The van der Waals surface area contributed by atoms with Crippen molar-refractivity contribution in [2.24, 2.45) is 22.7 Å². The Bertz CT molecular complexity index is 284. The molecule has 0 aromatic rings. The summed E-state index contributed by atoms with van der Waals surface area (Å²) >= 11 is 0. The Balaban J connectivity index is 2.22. The van der Waals surface area contributed by atoms with Gasteiger partial charge in [-0.25, -0.2) is 0 Å². The van der Waals surface area contributed by atoms with Gasteiger partial charge in [-0.2, -0.15) is 0 Å². The first-order valence-electron chi connectivity index (χ1n) is 6.21. The van der Waals surface area contributed by atoms with Crippen LogP contribution in [0.2, 0.25) is 0 Å². The number of hydrogen-bond donors (Lipinski definition) is 1. The fraction of sp³-hybridized carbons (Fsp3) is 0.923. The second-order valence-electron chi connectivity index (χ2n) is 6.06. The van der Waals surface area contributed by atoms with Crippen LogP contribution in [0.1, 0.15) is 47.0 Å². The molecule has 2 fully saturated rings. The van der Waals surface area contributed by atoms with Gasteiger partial charge in [0, 0.05) is 12.5 Å². The van der Waals surface area contributed by atoms with E-state index in [1.165, 1.54) is 12.8 Å². The predicted octanol–water partition coefficient (Wildman–Crippen LogP) is 2.58. The van der Waals surface area contributed by atoms with Crippen LogP contribution in [0.15, 0.2) is 0 Å². The molecule has 2 rings (SSSR count). The molecule has 0 aliphatic heterocycles. The van der Waals surface area contributed by atoms with E-state index in [1.54, 1.807) is 0 Å². The molecule has 0 aromatic carbocycles. The van der Waals surface area contributed by atoms with Crippen LogP contribution in [0.5, 0.6) is 0 Å². The van der Waals surface area contributed by atoms with E-state index >= 15 is 0 Å². The van der Waals surface area contributed by atoms with Crippen molar-refractivity contribution < 1.29 is 4.79 Å². The summed E-state index contributed by atoms with van der Waals surface area (Å²) in [7, 11) is 0. The monoisotopic (exact) mass is 209 g/mol. The average Bonchev–Trinajstić information content (AvgIpc) is 2.49. The van der Waals surface area contributed by atoms with Crippen molar-refractivity contribution in [2.75, 3.05) is 6.54 Å². The maximum atomic E-state index is 12.0. The molecule has 0 aromatic heterocycles. The van der Waals surface area contributed by atoms with E-state index in [4.69, 9.17) is 0 Å². The highest BCUT2D eigenvalue weighted by Gasteiger charge is 2.62. The summed E-state index contributed by atoms with van der Waals surface area (Å²) in [6.07, 6.45) is 3.65. The van der Waals surface area contributed by atoms with Crippen LogP contribution in [0.3, 0.4) is 0 Å². The minimum Gasteiger partial charge on any atom is -0.356 e. The number of hydrogen-bond acceptors (Lipinski definition) is 1. The zero-order chi connectivity index (χ0) is 11.3. The van der Waals surface area contributed by atoms with Crippen LogP contribution in [-0.2, 0) is 4.79 Å². The smallest absolute Gasteiger partial charge is 0.223 e. The van der Waals surface area contributed by atoms with Crippen molar-refractivity contribution in [1.82, 2.24) is 5.32 Å². The Labute approximate surface area is 92.8 Å². The number of amides is 1. The maximum Gasteiger partial charge on any atom is 0.223 e. The zero-order valence-electron chi connectivity index (χ0n) is 10.4. The van der Waals surface area contributed by atoms with Crippen molar-refractivity contribution in [2.45, 2.75) is 47.0 Å². The molecule has 0 saturated heterocycles. The summed E-state index contributed by atoms with van der Waals surface area (Å²) in [5.41, 5.74) is 0.583. The van der Waals surface area contributed by atoms with Crippen LogP contribution in [0.25, 0.3) is 0 Å². The molecular formula is C13H23NO. The molecule has 2 saturated carbocycles. The normalized spacial score (nSPS) is 41.9. The molecule has 0 heterocycles. The van der Waals surface area contributed by atoms with Crippen molar-refractivity contribution in [1.29, 1.82) is 0 Å². The molecule has 1 N–H and O–H groups in total. The third-order valence-corrected chi connectivity index (χ3v) is 5.46. The Hall–Kier alpha value is -0.530. The van der Waals surface area contributed by atoms with E-state index in [-0.39, 0.29) is 17.2 Å². The second-order valence-corrected chi connectivity index (χ2v) is 6.06. The molecule has 1 amide bonds. The van der Waals surface area contributed by atoms with Crippen LogP contribution in [-0.4, -0.2) is 12.5 Å². The molecule has 2 heteroatoms. The highest BCUT2D eigenvalue weighted by atomic mass is 16.1. The van der Waals surface area contributed by atoms with Crippen LogP contribution >= 0.6 is 0 Å². The van der Waals surface area contributed by atoms with Crippen molar-refractivity contribution >= 4 is 5.91 Å². The van der Waals surface area contributed by atoms with Gasteiger partial charge in [-0.15, -0.1) is 0 Å². The summed E-state index contributed by atoms with van der Waals surface area (Å²) in [6.45, 7) is 9.78. The first-order valence-corrected chi connectivity index (χ1v) is 6.21. The molecule has 0 spiro atoms. The molecule has 3 atom stereocenters. The number of fused-ring (bicyclic) bond motifs is 2. The molecule has 2 aliphatic rings. The molecule has 86 valence electrons. The summed E-state index contributed by atoms with van der Waals surface area (Å²) in [6, 6.07) is 0. The van der Waals surface area contributed by atoms with Gasteiger partial charge in [0.1, 0.15) is 0 Å². The quantitative estimate of drug-likeness (QED) is 0.744. The zero-order valence-corrected chi connectivity index (χ0v) is 10.4. The maximum absolute atomic E-state index is 12.0. The van der Waals surface area contributed by atoms with E-state index in [2.05, 4.69) is 26.1 Å². The fourth-order valence-corrected chi connectivity index (χ4v) is 3.90. The molecule has 0 radical (unpaired) electrons. The van der Waals surface area contributed by atoms with Gasteiger partial charge < -0.3 is 5.32 Å². The van der Waals surface area contributed by atoms with Crippen molar-refractivity contribution in [3.05, 3.63) is 0 Å². The first-order chi connectivity index (χ1) is 6.93.